The number of rotatable bonds is 3. The minimum Gasteiger partial charge on any atom is -0.384 e. The number of halogens is 2. The smallest absolute Gasteiger partial charge is 0.230 e. The van der Waals surface area contributed by atoms with Gasteiger partial charge < -0.3 is 9.64 Å². The monoisotopic (exact) mass is 276 g/mol. The van der Waals surface area contributed by atoms with Crippen LogP contribution in [0.3, 0.4) is 0 Å². The lowest BCUT2D eigenvalue weighted by molar-refractivity contribution is 0.143. The summed E-state index contributed by atoms with van der Waals surface area (Å²) in [5.74, 6) is 1.05. The zero-order chi connectivity index (χ0) is 12.3. The van der Waals surface area contributed by atoms with Crippen molar-refractivity contribution in [1.82, 2.24) is 15.0 Å². The van der Waals surface area contributed by atoms with E-state index in [1.165, 1.54) is 0 Å². The van der Waals surface area contributed by atoms with E-state index in [1.54, 1.807) is 7.11 Å². The van der Waals surface area contributed by atoms with Crippen molar-refractivity contribution in [1.29, 1.82) is 0 Å². The molecule has 1 aliphatic rings. The van der Waals surface area contributed by atoms with Gasteiger partial charge in [-0.15, -0.1) is 0 Å². The number of hydrogen-bond donors (Lipinski definition) is 0. The zero-order valence-electron chi connectivity index (χ0n) is 9.57. The number of aromatic nitrogens is 3. The minimum atomic E-state index is 0.133. The molecule has 1 saturated heterocycles. The highest BCUT2D eigenvalue weighted by Crippen LogP contribution is 2.22. The molecule has 94 valence electrons. The van der Waals surface area contributed by atoms with Gasteiger partial charge in [-0.3, -0.25) is 0 Å². The first kappa shape index (κ1) is 12.8. The second kappa shape index (κ2) is 5.80. The molecule has 0 N–H and O–H groups in total. The Morgan fingerprint density at radius 3 is 2.65 bits per heavy atom. The first-order valence-corrected chi connectivity index (χ1v) is 6.25. The predicted molar refractivity (Wildman–Crippen MR) is 66.7 cm³/mol. The molecule has 2 heterocycles. The summed E-state index contributed by atoms with van der Waals surface area (Å²) in [6.45, 7) is 2.53. The van der Waals surface area contributed by atoms with Crippen LogP contribution in [-0.2, 0) is 4.74 Å². The van der Waals surface area contributed by atoms with E-state index in [1.807, 2.05) is 0 Å². The van der Waals surface area contributed by atoms with Gasteiger partial charge in [0.25, 0.3) is 0 Å². The fraction of sp³-hybridized carbons (Fsp3) is 0.700. The topological polar surface area (TPSA) is 51.1 Å². The van der Waals surface area contributed by atoms with E-state index in [0.29, 0.717) is 11.9 Å². The fourth-order valence-corrected chi connectivity index (χ4v) is 2.43. The Kier molecular flexibility index (Phi) is 4.36. The predicted octanol–water partition coefficient (Wildman–Crippen LogP) is 2.04. The van der Waals surface area contributed by atoms with Gasteiger partial charge in [0.05, 0.1) is 6.61 Å². The van der Waals surface area contributed by atoms with Crippen LogP contribution >= 0.6 is 23.2 Å². The molecule has 5 nitrogen and oxygen atoms in total. The lowest BCUT2D eigenvalue weighted by Crippen LogP contribution is -2.38. The van der Waals surface area contributed by atoms with E-state index < -0.39 is 0 Å². The molecule has 1 atom stereocenters. The summed E-state index contributed by atoms with van der Waals surface area (Å²) in [4.78, 5) is 14.0. The van der Waals surface area contributed by atoms with Crippen LogP contribution in [0.25, 0.3) is 0 Å². The van der Waals surface area contributed by atoms with Crippen LogP contribution in [0.2, 0.25) is 10.6 Å². The number of methoxy groups -OCH3 is 1. The Bertz CT molecular complexity index is 368. The first-order chi connectivity index (χ1) is 8.19. The van der Waals surface area contributed by atoms with Crippen LogP contribution in [0.1, 0.15) is 12.8 Å². The van der Waals surface area contributed by atoms with Gasteiger partial charge in [0.15, 0.2) is 0 Å². The molecule has 1 unspecified atom stereocenters. The van der Waals surface area contributed by atoms with E-state index in [-0.39, 0.29) is 10.6 Å². The maximum atomic E-state index is 5.77. The third-order valence-corrected chi connectivity index (χ3v) is 3.11. The summed E-state index contributed by atoms with van der Waals surface area (Å²) in [5.41, 5.74) is 0. The molecule has 0 aromatic carbocycles. The standard InChI is InChI=1S/C10H14Cl2N4O/c1-17-6-7-3-2-4-16(5-7)10-14-8(11)13-9(12)15-10/h7H,2-6H2,1H3. The van der Waals surface area contributed by atoms with Gasteiger partial charge in [0.1, 0.15) is 0 Å². The first-order valence-electron chi connectivity index (χ1n) is 5.50. The maximum absolute atomic E-state index is 5.77. The molecule has 2 rings (SSSR count). The van der Waals surface area contributed by atoms with E-state index in [9.17, 15) is 0 Å². The summed E-state index contributed by atoms with van der Waals surface area (Å²) in [7, 11) is 1.72. The summed E-state index contributed by atoms with van der Waals surface area (Å²) >= 11 is 11.5. The third kappa shape index (κ3) is 3.40. The molecule has 1 fully saturated rings. The summed E-state index contributed by atoms with van der Waals surface area (Å²) in [5, 5.41) is 0.266. The highest BCUT2D eigenvalue weighted by molar-refractivity contribution is 6.31. The van der Waals surface area contributed by atoms with Crippen LogP contribution in [0.4, 0.5) is 5.95 Å². The van der Waals surface area contributed by atoms with Gasteiger partial charge in [-0.2, -0.15) is 15.0 Å². The van der Waals surface area contributed by atoms with E-state index in [4.69, 9.17) is 27.9 Å². The molecule has 0 saturated carbocycles. The van der Waals surface area contributed by atoms with Crippen molar-refractivity contribution < 1.29 is 4.74 Å². The average molecular weight is 277 g/mol. The van der Waals surface area contributed by atoms with Crippen molar-refractivity contribution in [3.05, 3.63) is 10.6 Å². The van der Waals surface area contributed by atoms with Gasteiger partial charge >= 0.3 is 0 Å². The summed E-state index contributed by atoms with van der Waals surface area (Å²) in [6, 6.07) is 0. The van der Waals surface area contributed by atoms with Crippen molar-refractivity contribution in [3.63, 3.8) is 0 Å². The van der Waals surface area contributed by atoms with Crippen molar-refractivity contribution in [3.8, 4) is 0 Å². The van der Waals surface area contributed by atoms with E-state index in [0.717, 1.165) is 32.5 Å². The summed E-state index contributed by atoms with van der Waals surface area (Å²) < 4.78 is 5.18. The van der Waals surface area contributed by atoms with Crippen molar-refractivity contribution in [2.24, 2.45) is 5.92 Å². The van der Waals surface area contributed by atoms with Crippen LogP contribution in [0.15, 0.2) is 0 Å². The van der Waals surface area contributed by atoms with Gasteiger partial charge in [0, 0.05) is 20.2 Å². The molecule has 1 aromatic rings. The lowest BCUT2D eigenvalue weighted by atomic mass is 9.99. The van der Waals surface area contributed by atoms with Crippen LogP contribution in [-0.4, -0.2) is 41.8 Å². The fourth-order valence-electron chi connectivity index (χ4n) is 2.08. The minimum absolute atomic E-state index is 0.133. The maximum Gasteiger partial charge on any atom is 0.230 e. The molecule has 17 heavy (non-hydrogen) atoms. The second-order valence-corrected chi connectivity index (χ2v) is 4.76. The third-order valence-electron chi connectivity index (χ3n) is 2.77. The highest BCUT2D eigenvalue weighted by Gasteiger charge is 2.22. The molecule has 0 spiro atoms. The number of nitrogens with zero attached hydrogens (tertiary/aromatic N) is 4. The second-order valence-electron chi connectivity index (χ2n) is 4.08. The van der Waals surface area contributed by atoms with E-state index in [2.05, 4.69) is 19.9 Å². The normalized spacial score (nSPS) is 20.6. The van der Waals surface area contributed by atoms with Crippen molar-refractivity contribution in [2.45, 2.75) is 12.8 Å². The van der Waals surface area contributed by atoms with Crippen molar-refractivity contribution in [2.75, 3.05) is 31.7 Å². The van der Waals surface area contributed by atoms with E-state index >= 15 is 0 Å². The zero-order valence-corrected chi connectivity index (χ0v) is 11.1. The van der Waals surface area contributed by atoms with Crippen molar-refractivity contribution >= 4 is 29.2 Å². The Morgan fingerprint density at radius 2 is 2.00 bits per heavy atom. The van der Waals surface area contributed by atoms with Gasteiger partial charge in [-0.1, -0.05) is 0 Å². The molecule has 1 aliphatic heterocycles. The SMILES string of the molecule is COCC1CCCN(c2nc(Cl)nc(Cl)n2)C1. The number of ether oxygens (including phenoxy) is 1. The van der Waals surface area contributed by atoms with Crippen LogP contribution < -0.4 is 4.90 Å². The van der Waals surface area contributed by atoms with Gasteiger partial charge in [-0.05, 0) is 42.0 Å². The molecular weight excluding hydrogens is 263 g/mol. The molecule has 0 bridgehead atoms. The largest absolute Gasteiger partial charge is 0.384 e. The Labute approximate surface area is 110 Å². The molecular formula is C10H14Cl2N4O. The van der Waals surface area contributed by atoms with Gasteiger partial charge in [0.2, 0.25) is 16.5 Å². The summed E-state index contributed by atoms with van der Waals surface area (Å²) in [6.07, 6.45) is 2.26. The van der Waals surface area contributed by atoms with Crippen LogP contribution in [0.5, 0.6) is 0 Å². The quantitative estimate of drug-likeness (QED) is 0.846. The Morgan fingerprint density at radius 1 is 1.29 bits per heavy atom. The van der Waals surface area contributed by atoms with Gasteiger partial charge in [-0.25, -0.2) is 0 Å². The number of hydrogen-bond acceptors (Lipinski definition) is 5. The number of anilines is 1. The molecule has 0 aliphatic carbocycles. The molecule has 1 aromatic heterocycles. The number of piperidine rings is 1. The lowest BCUT2D eigenvalue weighted by Gasteiger charge is -2.32. The Balaban J connectivity index is 2.10. The Hall–Kier alpha value is -0.650. The molecule has 7 heteroatoms. The molecule has 0 radical (unpaired) electrons. The molecule has 0 amide bonds. The highest BCUT2D eigenvalue weighted by atomic mass is 35.5. The average Bonchev–Trinajstić information content (AvgIpc) is 2.28. The van der Waals surface area contributed by atoms with Crippen LogP contribution in [0, 0.1) is 5.92 Å².